The number of ether oxygens (including phenoxy) is 2. The largest absolute Gasteiger partial charge is 0.444 e. The Hall–Kier alpha value is -1.85. The van der Waals surface area contributed by atoms with Crippen LogP contribution in [0.2, 0.25) is 0 Å². The molecule has 0 radical (unpaired) electrons. The summed E-state index contributed by atoms with van der Waals surface area (Å²) in [6, 6.07) is 9.05. The molecule has 122 valence electrons. The minimum absolute atomic E-state index is 0.154. The molecule has 0 heterocycles. The van der Waals surface area contributed by atoms with Gasteiger partial charge in [-0.1, -0.05) is 36.4 Å². The molecule has 0 aliphatic heterocycles. The van der Waals surface area contributed by atoms with Crippen LogP contribution in [0.15, 0.2) is 43.0 Å². The number of nitrogens with one attached hydrogen (secondary N) is 1. The molecule has 1 aromatic rings. The number of carbonyl (C=O) groups is 1. The lowest BCUT2D eigenvalue weighted by Gasteiger charge is -2.25. The summed E-state index contributed by atoms with van der Waals surface area (Å²) in [4.78, 5) is 11.8. The predicted molar refractivity (Wildman–Crippen MR) is 85.5 cm³/mol. The van der Waals surface area contributed by atoms with Crippen LogP contribution in [0.1, 0.15) is 26.3 Å². The molecule has 1 rings (SSSR count). The van der Waals surface area contributed by atoms with Crippen LogP contribution < -0.4 is 5.32 Å². The second-order valence-corrected chi connectivity index (χ2v) is 5.98. The van der Waals surface area contributed by atoms with Crippen LogP contribution in [0.5, 0.6) is 0 Å². The first-order valence-corrected chi connectivity index (χ1v) is 7.23. The van der Waals surface area contributed by atoms with Gasteiger partial charge in [0, 0.05) is 0 Å². The van der Waals surface area contributed by atoms with Crippen molar-refractivity contribution in [3.63, 3.8) is 0 Å². The zero-order chi connectivity index (χ0) is 16.6. The van der Waals surface area contributed by atoms with Gasteiger partial charge in [0.1, 0.15) is 5.60 Å². The molecule has 1 aromatic carbocycles. The second kappa shape index (κ2) is 8.56. The molecule has 0 aliphatic rings. The Morgan fingerprint density at radius 3 is 2.55 bits per heavy atom. The fourth-order valence-corrected chi connectivity index (χ4v) is 1.73. The highest BCUT2D eigenvalue weighted by molar-refractivity contribution is 5.68. The highest BCUT2D eigenvalue weighted by Crippen LogP contribution is 2.08. The fourth-order valence-electron chi connectivity index (χ4n) is 1.73. The normalized spacial score (nSPS) is 14.0. The van der Waals surface area contributed by atoms with Gasteiger partial charge in [-0.15, -0.1) is 6.58 Å². The lowest BCUT2D eigenvalue weighted by molar-refractivity contribution is 0.0283. The van der Waals surface area contributed by atoms with Gasteiger partial charge in [0.25, 0.3) is 0 Å². The first kappa shape index (κ1) is 18.2. The van der Waals surface area contributed by atoms with Gasteiger partial charge in [0.15, 0.2) is 0 Å². The van der Waals surface area contributed by atoms with Crippen molar-refractivity contribution in [1.82, 2.24) is 5.32 Å². The topological polar surface area (TPSA) is 67.8 Å². The first-order chi connectivity index (χ1) is 10.3. The van der Waals surface area contributed by atoms with Crippen molar-refractivity contribution in [2.45, 2.75) is 45.1 Å². The lowest BCUT2D eigenvalue weighted by atomic mass is 10.1. The number of hydrogen-bond acceptors (Lipinski definition) is 4. The Kier molecular flexibility index (Phi) is 7.08. The summed E-state index contributed by atoms with van der Waals surface area (Å²) in [5.41, 5.74) is 0.421. The van der Waals surface area contributed by atoms with Crippen LogP contribution >= 0.6 is 0 Å². The molecule has 2 atom stereocenters. The lowest BCUT2D eigenvalue weighted by Crippen LogP contribution is -2.47. The highest BCUT2D eigenvalue weighted by atomic mass is 16.6. The number of benzene rings is 1. The van der Waals surface area contributed by atoms with Crippen molar-refractivity contribution < 1.29 is 19.4 Å². The molecule has 0 saturated heterocycles. The van der Waals surface area contributed by atoms with E-state index >= 15 is 0 Å². The SMILES string of the molecule is C=CC(O)[C@H](COCc1ccccc1)NC(=O)OC(C)(C)C. The minimum Gasteiger partial charge on any atom is -0.444 e. The maximum absolute atomic E-state index is 11.8. The zero-order valence-electron chi connectivity index (χ0n) is 13.4. The summed E-state index contributed by atoms with van der Waals surface area (Å²) in [6.07, 6.45) is -0.154. The van der Waals surface area contributed by atoms with E-state index in [1.54, 1.807) is 20.8 Å². The van der Waals surface area contributed by atoms with Gasteiger partial charge in [-0.05, 0) is 26.3 Å². The number of aliphatic hydroxyl groups is 1. The van der Waals surface area contributed by atoms with Crippen LogP contribution in [0.4, 0.5) is 4.79 Å². The monoisotopic (exact) mass is 307 g/mol. The molecule has 0 spiro atoms. The van der Waals surface area contributed by atoms with Crippen LogP contribution in [-0.2, 0) is 16.1 Å². The molecular weight excluding hydrogens is 282 g/mol. The third kappa shape index (κ3) is 7.24. The minimum atomic E-state index is -0.914. The number of hydrogen-bond donors (Lipinski definition) is 2. The van der Waals surface area contributed by atoms with Gasteiger partial charge < -0.3 is 19.9 Å². The Morgan fingerprint density at radius 1 is 1.36 bits per heavy atom. The van der Waals surface area contributed by atoms with Crippen molar-refractivity contribution in [2.24, 2.45) is 0 Å². The Balaban J connectivity index is 2.50. The van der Waals surface area contributed by atoms with Crippen molar-refractivity contribution in [3.05, 3.63) is 48.6 Å². The molecule has 1 unspecified atom stereocenters. The molecule has 22 heavy (non-hydrogen) atoms. The quantitative estimate of drug-likeness (QED) is 0.760. The summed E-state index contributed by atoms with van der Waals surface area (Å²) < 4.78 is 10.7. The summed E-state index contributed by atoms with van der Waals surface area (Å²) >= 11 is 0. The van der Waals surface area contributed by atoms with Crippen molar-refractivity contribution in [3.8, 4) is 0 Å². The van der Waals surface area contributed by atoms with E-state index in [9.17, 15) is 9.90 Å². The van der Waals surface area contributed by atoms with Crippen LogP contribution in [0, 0.1) is 0 Å². The van der Waals surface area contributed by atoms with Gasteiger partial charge in [0.2, 0.25) is 0 Å². The van der Waals surface area contributed by atoms with Crippen LogP contribution in [0.25, 0.3) is 0 Å². The Labute approximate surface area is 131 Å². The molecule has 5 nitrogen and oxygen atoms in total. The van der Waals surface area contributed by atoms with Crippen LogP contribution in [0.3, 0.4) is 0 Å². The predicted octanol–water partition coefficient (Wildman–Crippen LogP) is 2.64. The van der Waals surface area contributed by atoms with Crippen molar-refractivity contribution in [2.75, 3.05) is 6.61 Å². The maximum atomic E-state index is 11.8. The summed E-state index contributed by atoms with van der Waals surface area (Å²) in [5.74, 6) is 0. The standard InChI is InChI=1S/C17H25NO4/c1-5-15(19)14(18-16(20)22-17(2,3)4)12-21-11-13-9-7-6-8-10-13/h5-10,14-15,19H,1,11-12H2,2-4H3,(H,18,20)/t14-,15?/m0/s1. The molecule has 0 fully saturated rings. The van der Waals surface area contributed by atoms with E-state index in [2.05, 4.69) is 11.9 Å². The smallest absolute Gasteiger partial charge is 0.408 e. The van der Waals surface area contributed by atoms with E-state index in [1.165, 1.54) is 6.08 Å². The highest BCUT2D eigenvalue weighted by Gasteiger charge is 2.23. The van der Waals surface area contributed by atoms with E-state index in [-0.39, 0.29) is 6.61 Å². The van der Waals surface area contributed by atoms with Gasteiger partial charge in [0.05, 0.1) is 25.4 Å². The molecule has 0 bridgehead atoms. The third-order valence-corrected chi connectivity index (χ3v) is 2.76. The molecule has 0 aliphatic carbocycles. The van der Waals surface area contributed by atoms with E-state index in [4.69, 9.17) is 9.47 Å². The van der Waals surface area contributed by atoms with Gasteiger partial charge in [-0.25, -0.2) is 4.79 Å². The van der Waals surface area contributed by atoms with E-state index in [0.717, 1.165) is 5.56 Å². The number of carbonyl (C=O) groups excluding carboxylic acids is 1. The van der Waals surface area contributed by atoms with Gasteiger partial charge in [-0.2, -0.15) is 0 Å². The molecule has 1 amide bonds. The third-order valence-electron chi connectivity index (χ3n) is 2.76. The Morgan fingerprint density at radius 2 is 2.00 bits per heavy atom. The van der Waals surface area contributed by atoms with Gasteiger partial charge in [-0.3, -0.25) is 0 Å². The molecular formula is C17H25NO4. The summed E-state index contributed by atoms with van der Waals surface area (Å²) in [5, 5.41) is 12.5. The van der Waals surface area contributed by atoms with Crippen molar-refractivity contribution in [1.29, 1.82) is 0 Å². The summed E-state index contributed by atoms with van der Waals surface area (Å²) in [7, 11) is 0. The van der Waals surface area contributed by atoms with Gasteiger partial charge >= 0.3 is 6.09 Å². The Bertz CT molecular complexity index is 467. The van der Waals surface area contributed by atoms with Crippen molar-refractivity contribution >= 4 is 6.09 Å². The van der Waals surface area contributed by atoms with E-state index in [1.807, 2.05) is 30.3 Å². The molecule has 2 N–H and O–H groups in total. The number of amides is 1. The van der Waals surface area contributed by atoms with Crippen LogP contribution in [-0.4, -0.2) is 35.6 Å². The number of rotatable bonds is 7. The molecule has 0 saturated carbocycles. The fraction of sp³-hybridized carbons (Fsp3) is 0.471. The summed E-state index contributed by atoms with van der Waals surface area (Å²) in [6.45, 7) is 9.41. The average molecular weight is 307 g/mol. The molecule has 0 aromatic heterocycles. The number of aliphatic hydroxyl groups excluding tert-OH is 1. The van der Waals surface area contributed by atoms with E-state index in [0.29, 0.717) is 6.61 Å². The average Bonchev–Trinajstić information content (AvgIpc) is 2.44. The second-order valence-electron chi connectivity index (χ2n) is 5.98. The maximum Gasteiger partial charge on any atom is 0.408 e. The first-order valence-electron chi connectivity index (χ1n) is 7.23. The van der Waals surface area contributed by atoms with E-state index < -0.39 is 23.8 Å². The zero-order valence-corrected chi connectivity index (χ0v) is 13.4. The molecule has 5 heteroatoms. The number of alkyl carbamates (subject to hydrolysis) is 1.